The van der Waals surface area contributed by atoms with Gasteiger partial charge in [-0.3, -0.25) is 9.80 Å². The van der Waals surface area contributed by atoms with E-state index >= 15 is 0 Å². The number of aliphatic hydroxyl groups is 2. The Morgan fingerprint density at radius 3 is 1.30 bits per heavy atom. The summed E-state index contributed by atoms with van der Waals surface area (Å²) < 4.78 is 0. The number of benzene rings is 2. The maximum absolute atomic E-state index is 10.5. The van der Waals surface area contributed by atoms with Crippen molar-refractivity contribution in [1.29, 1.82) is 0 Å². The number of aliphatic hydroxyl groups excluding tert-OH is 2. The molecule has 0 radical (unpaired) electrons. The van der Waals surface area contributed by atoms with Gasteiger partial charge in [0.15, 0.2) is 0 Å². The molecule has 0 spiro atoms. The molecular formula is C24H36N4O2. The van der Waals surface area contributed by atoms with Gasteiger partial charge >= 0.3 is 0 Å². The highest BCUT2D eigenvalue weighted by Gasteiger charge is 2.25. The number of hydrogen-bond donors (Lipinski definition) is 4. The molecule has 0 saturated carbocycles. The Labute approximate surface area is 180 Å². The molecule has 1 aliphatic rings. The lowest BCUT2D eigenvalue weighted by Gasteiger charge is -2.37. The van der Waals surface area contributed by atoms with Crippen molar-refractivity contribution < 1.29 is 10.2 Å². The van der Waals surface area contributed by atoms with Gasteiger partial charge in [-0.05, 0) is 24.0 Å². The average Bonchev–Trinajstić information content (AvgIpc) is 2.76. The van der Waals surface area contributed by atoms with Crippen LogP contribution < -0.4 is 11.5 Å². The Balaban J connectivity index is 1.36. The number of rotatable bonds is 10. The molecule has 6 heteroatoms. The van der Waals surface area contributed by atoms with Crippen molar-refractivity contribution in [3.05, 3.63) is 71.8 Å². The van der Waals surface area contributed by atoms with E-state index in [1.807, 2.05) is 60.7 Å². The normalized spacial score (nSPS) is 19.9. The predicted octanol–water partition coefficient (Wildman–Crippen LogP) is 0.466. The van der Waals surface area contributed by atoms with Crippen LogP contribution in [0.5, 0.6) is 0 Å². The van der Waals surface area contributed by atoms with E-state index in [4.69, 9.17) is 11.5 Å². The summed E-state index contributed by atoms with van der Waals surface area (Å²) in [4.78, 5) is 4.50. The monoisotopic (exact) mass is 412 g/mol. The summed E-state index contributed by atoms with van der Waals surface area (Å²) in [5.74, 6) is 0. The van der Waals surface area contributed by atoms with Crippen LogP contribution in [0.1, 0.15) is 11.1 Å². The van der Waals surface area contributed by atoms with Crippen molar-refractivity contribution in [2.45, 2.75) is 37.1 Å². The highest BCUT2D eigenvalue weighted by Crippen LogP contribution is 2.10. The van der Waals surface area contributed by atoms with Gasteiger partial charge in [-0.1, -0.05) is 60.7 Å². The lowest BCUT2D eigenvalue weighted by molar-refractivity contribution is 0.0360. The minimum atomic E-state index is -0.554. The lowest BCUT2D eigenvalue weighted by Crippen LogP contribution is -2.54. The molecule has 1 heterocycles. The molecule has 2 aromatic carbocycles. The summed E-state index contributed by atoms with van der Waals surface area (Å²) in [7, 11) is 0. The summed E-state index contributed by atoms with van der Waals surface area (Å²) in [6, 6.07) is 19.6. The molecule has 2 aromatic rings. The van der Waals surface area contributed by atoms with E-state index in [0.29, 0.717) is 25.9 Å². The first-order valence-electron chi connectivity index (χ1n) is 10.9. The van der Waals surface area contributed by atoms with Gasteiger partial charge in [-0.25, -0.2) is 0 Å². The quantitative estimate of drug-likeness (QED) is 0.453. The number of nitrogens with two attached hydrogens (primary N) is 2. The van der Waals surface area contributed by atoms with Crippen LogP contribution in [-0.4, -0.2) is 83.6 Å². The molecule has 1 fully saturated rings. The molecule has 0 amide bonds. The van der Waals surface area contributed by atoms with Gasteiger partial charge in [0.25, 0.3) is 0 Å². The van der Waals surface area contributed by atoms with Crippen molar-refractivity contribution in [2.24, 2.45) is 11.5 Å². The van der Waals surface area contributed by atoms with Gasteiger partial charge in [0, 0.05) is 51.4 Å². The number of piperazine rings is 1. The molecule has 0 aromatic heterocycles. The van der Waals surface area contributed by atoms with Crippen molar-refractivity contribution in [3.63, 3.8) is 0 Å². The fourth-order valence-corrected chi connectivity index (χ4v) is 4.00. The van der Waals surface area contributed by atoms with Crippen LogP contribution in [0, 0.1) is 0 Å². The van der Waals surface area contributed by atoms with Crippen LogP contribution in [-0.2, 0) is 12.8 Å². The lowest BCUT2D eigenvalue weighted by atomic mass is 10.0. The van der Waals surface area contributed by atoms with Crippen LogP contribution >= 0.6 is 0 Å². The molecule has 0 aliphatic carbocycles. The Morgan fingerprint density at radius 2 is 0.967 bits per heavy atom. The maximum Gasteiger partial charge on any atom is 0.0820 e. The van der Waals surface area contributed by atoms with E-state index < -0.39 is 12.2 Å². The molecule has 30 heavy (non-hydrogen) atoms. The number of β-amino-alcohol motifs (C(OH)–C–C–N with tert-alkyl or cyclic N) is 2. The topological polar surface area (TPSA) is 99.0 Å². The first-order valence-corrected chi connectivity index (χ1v) is 10.9. The van der Waals surface area contributed by atoms with Gasteiger partial charge in [0.05, 0.1) is 12.2 Å². The standard InChI is InChI=1S/C24H36N4O2/c25-21(15-19-7-3-1-4-8-19)23(29)17-27-11-13-28(14-12-27)18-24(30)22(26)16-20-9-5-2-6-10-20/h1-10,21-24,29-30H,11-18,25-26H2/t21-,22-,23+,24+/m0/s1. The molecular weight excluding hydrogens is 376 g/mol. The third-order valence-corrected chi connectivity index (χ3v) is 5.97. The third kappa shape index (κ3) is 7.16. The zero-order valence-corrected chi connectivity index (χ0v) is 17.7. The number of nitrogens with zero attached hydrogens (tertiary/aromatic N) is 2. The Bertz CT molecular complexity index is 659. The molecule has 1 saturated heterocycles. The predicted molar refractivity (Wildman–Crippen MR) is 121 cm³/mol. The second kappa shape index (κ2) is 11.6. The Morgan fingerprint density at radius 1 is 0.633 bits per heavy atom. The van der Waals surface area contributed by atoms with Crippen LogP contribution in [0.25, 0.3) is 0 Å². The zero-order chi connectivity index (χ0) is 21.3. The van der Waals surface area contributed by atoms with E-state index in [9.17, 15) is 10.2 Å². The molecule has 3 rings (SSSR count). The molecule has 4 atom stereocenters. The summed E-state index contributed by atoms with van der Waals surface area (Å²) >= 11 is 0. The maximum atomic E-state index is 10.5. The Kier molecular flexibility index (Phi) is 8.81. The SMILES string of the molecule is N[C@@H](Cc1ccccc1)[C@H](O)CN1CCN(C[C@@H](O)[C@@H](N)Cc2ccccc2)CC1. The molecule has 0 bridgehead atoms. The first kappa shape index (κ1) is 22.9. The van der Waals surface area contributed by atoms with Crippen LogP contribution in [0.3, 0.4) is 0 Å². The first-order chi connectivity index (χ1) is 14.5. The Hall–Kier alpha value is -1.80. The molecule has 1 aliphatic heterocycles. The fourth-order valence-electron chi connectivity index (χ4n) is 4.00. The zero-order valence-electron chi connectivity index (χ0n) is 17.7. The molecule has 6 nitrogen and oxygen atoms in total. The van der Waals surface area contributed by atoms with Gasteiger partial charge < -0.3 is 21.7 Å². The molecule has 0 unspecified atom stereocenters. The highest BCUT2D eigenvalue weighted by molar-refractivity contribution is 5.17. The second-order valence-electron chi connectivity index (χ2n) is 8.44. The van der Waals surface area contributed by atoms with Crippen LogP contribution in [0.15, 0.2) is 60.7 Å². The van der Waals surface area contributed by atoms with Crippen molar-refractivity contribution in [3.8, 4) is 0 Å². The summed E-state index contributed by atoms with van der Waals surface area (Å²) in [5, 5.41) is 21.0. The van der Waals surface area contributed by atoms with Crippen LogP contribution in [0.2, 0.25) is 0 Å². The average molecular weight is 413 g/mol. The second-order valence-corrected chi connectivity index (χ2v) is 8.44. The van der Waals surface area contributed by atoms with E-state index in [0.717, 1.165) is 37.3 Å². The summed E-state index contributed by atoms with van der Waals surface area (Å²) in [6.07, 6.45) is 0.240. The number of hydrogen-bond acceptors (Lipinski definition) is 6. The van der Waals surface area contributed by atoms with E-state index in [1.54, 1.807) is 0 Å². The highest BCUT2D eigenvalue weighted by atomic mass is 16.3. The largest absolute Gasteiger partial charge is 0.390 e. The van der Waals surface area contributed by atoms with Gasteiger partial charge in [-0.2, -0.15) is 0 Å². The molecule has 6 N–H and O–H groups in total. The van der Waals surface area contributed by atoms with E-state index in [2.05, 4.69) is 9.80 Å². The summed E-state index contributed by atoms with van der Waals surface area (Å²) in [6.45, 7) is 4.59. The minimum absolute atomic E-state index is 0.275. The van der Waals surface area contributed by atoms with Gasteiger partial charge in [0.1, 0.15) is 0 Å². The minimum Gasteiger partial charge on any atom is -0.390 e. The van der Waals surface area contributed by atoms with Gasteiger partial charge in [0.2, 0.25) is 0 Å². The van der Waals surface area contributed by atoms with Crippen molar-refractivity contribution in [2.75, 3.05) is 39.3 Å². The van der Waals surface area contributed by atoms with E-state index in [1.165, 1.54) is 0 Å². The van der Waals surface area contributed by atoms with Crippen LogP contribution in [0.4, 0.5) is 0 Å². The van der Waals surface area contributed by atoms with E-state index in [-0.39, 0.29) is 12.1 Å². The van der Waals surface area contributed by atoms with Crippen molar-refractivity contribution >= 4 is 0 Å². The smallest absolute Gasteiger partial charge is 0.0820 e. The third-order valence-electron chi connectivity index (χ3n) is 5.97. The molecule has 164 valence electrons. The van der Waals surface area contributed by atoms with Gasteiger partial charge in [-0.15, -0.1) is 0 Å². The summed E-state index contributed by atoms with van der Waals surface area (Å²) in [5.41, 5.74) is 14.7. The van der Waals surface area contributed by atoms with Crippen molar-refractivity contribution in [1.82, 2.24) is 9.80 Å². The fraction of sp³-hybridized carbons (Fsp3) is 0.500.